The maximum absolute atomic E-state index is 12.4. The van der Waals surface area contributed by atoms with Crippen LogP contribution in [0.1, 0.15) is 21.7 Å². The highest BCUT2D eigenvalue weighted by atomic mass is 35.5. The molecule has 0 radical (unpaired) electrons. The van der Waals surface area contributed by atoms with Crippen LogP contribution in [0.3, 0.4) is 0 Å². The molecule has 0 fully saturated rings. The fourth-order valence-corrected chi connectivity index (χ4v) is 2.69. The van der Waals surface area contributed by atoms with Gasteiger partial charge in [0.1, 0.15) is 18.1 Å². The van der Waals surface area contributed by atoms with E-state index in [-0.39, 0.29) is 12.5 Å². The van der Waals surface area contributed by atoms with Crippen LogP contribution < -0.4 is 5.32 Å². The summed E-state index contributed by atoms with van der Waals surface area (Å²) < 4.78 is 5.51. The van der Waals surface area contributed by atoms with Crippen molar-refractivity contribution in [1.29, 1.82) is 0 Å². The molecule has 0 aliphatic rings. The van der Waals surface area contributed by atoms with E-state index in [9.17, 15) is 4.79 Å². The normalized spacial score (nSPS) is 10.6. The third-order valence-electron chi connectivity index (χ3n) is 3.59. The molecule has 0 saturated heterocycles. The Hall–Kier alpha value is -2.56. The summed E-state index contributed by atoms with van der Waals surface area (Å²) in [5.41, 5.74) is 2.86. The zero-order valence-electron chi connectivity index (χ0n) is 13.0. The molecule has 1 amide bonds. The lowest BCUT2D eigenvalue weighted by Crippen LogP contribution is -2.12. The summed E-state index contributed by atoms with van der Waals surface area (Å²) in [6.07, 6.45) is 0. The smallest absolute Gasteiger partial charge is 0.257 e. The second kappa shape index (κ2) is 6.91. The summed E-state index contributed by atoms with van der Waals surface area (Å²) in [5.74, 6) is 0.849. The van der Waals surface area contributed by atoms with E-state index in [0.717, 1.165) is 11.1 Å². The zero-order valence-corrected chi connectivity index (χ0v) is 13.8. The van der Waals surface area contributed by atoms with Crippen LogP contribution in [-0.4, -0.2) is 11.0 Å². The van der Waals surface area contributed by atoms with E-state index < -0.39 is 0 Å². The van der Waals surface area contributed by atoms with E-state index in [2.05, 4.69) is 5.32 Å². The maximum Gasteiger partial charge on any atom is 0.257 e. The molecule has 1 aromatic heterocycles. The van der Waals surface area contributed by atoms with Gasteiger partial charge < -0.3 is 14.8 Å². The Balaban J connectivity index is 1.82. The molecule has 5 heteroatoms. The molecule has 4 nitrogen and oxygen atoms in total. The second-order valence-electron chi connectivity index (χ2n) is 5.44. The van der Waals surface area contributed by atoms with Gasteiger partial charge in [-0.15, -0.1) is 0 Å². The largest absolute Gasteiger partial charge is 0.459 e. The maximum atomic E-state index is 12.4. The fourth-order valence-electron chi connectivity index (χ4n) is 2.37. The van der Waals surface area contributed by atoms with Gasteiger partial charge in [-0.3, -0.25) is 4.79 Å². The van der Waals surface area contributed by atoms with E-state index in [1.165, 1.54) is 0 Å². The molecule has 0 aliphatic carbocycles. The molecule has 24 heavy (non-hydrogen) atoms. The van der Waals surface area contributed by atoms with Gasteiger partial charge in [0.15, 0.2) is 0 Å². The minimum atomic E-state index is -0.271. The van der Waals surface area contributed by atoms with Crippen LogP contribution in [0.15, 0.2) is 59.0 Å². The number of halogens is 1. The van der Waals surface area contributed by atoms with Crippen molar-refractivity contribution >= 4 is 23.2 Å². The lowest BCUT2D eigenvalue weighted by molar-refractivity contribution is 0.102. The average Bonchev–Trinajstić information content (AvgIpc) is 3.04. The topological polar surface area (TPSA) is 62.5 Å². The Morgan fingerprint density at radius 2 is 2.00 bits per heavy atom. The highest BCUT2D eigenvalue weighted by molar-refractivity contribution is 6.34. The third kappa shape index (κ3) is 3.50. The third-order valence-corrected chi connectivity index (χ3v) is 3.90. The van der Waals surface area contributed by atoms with Gasteiger partial charge >= 0.3 is 0 Å². The van der Waals surface area contributed by atoms with E-state index in [0.29, 0.717) is 27.8 Å². The van der Waals surface area contributed by atoms with Gasteiger partial charge in [-0.05, 0) is 48.9 Å². The Bertz CT molecular complexity index is 886. The van der Waals surface area contributed by atoms with Crippen LogP contribution >= 0.6 is 11.6 Å². The summed E-state index contributed by atoms with van der Waals surface area (Å²) >= 11 is 6.14. The number of aliphatic hydroxyl groups is 1. The monoisotopic (exact) mass is 341 g/mol. The number of hydrogen-bond donors (Lipinski definition) is 2. The van der Waals surface area contributed by atoms with E-state index in [4.69, 9.17) is 21.1 Å². The van der Waals surface area contributed by atoms with Gasteiger partial charge in [-0.25, -0.2) is 0 Å². The van der Waals surface area contributed by atoms with Gasteiger partial charge in [0.05, 0.1) is 10.6 Å². The highest BCUT2D eigenvalue weighted by Crippen LogP contribution is 2.26. The first-order valence-electron chi connectivity index (χ1n) is 7.44. The van der Waals surface area contributed by atoms with E-state index in [1.807, 2.05) is 25.1 Å². The standard InChI is InChI=1S/C19H16ClNO3/c1-12-5-7-16(17(20)9-12)19(23)21-14-4-2-3-13(10-14)18-8-6-15(11-22)24-18/h2-10,22H,11H2,1H3,(H,21,23). The number of furan rings is 1. The van der Waals surface area contributed by atoms with Crippen LogP contribution in [0.25, 0.3) is 11.3 Å². The SMILES string of the molecule is Cc1ccc(C(=O)Nc2cccc(-c3ccc(CO)o3)c2)c(Cl)c1. The number of carbonyl (C=O) groups is 1. The van der Waals surface area contributed by atoms with Crippen molar-refractivity contribution in [2.24, 2.45) is 0 Å². The predicted molar refractivity (Wildman–Crippen MR) is 94.2 cm³/mol. The van der Waals surface area contributed by atoms with E-state index in [1.54, 1.807) is 36.4 Å². The van der Waals surface area contributed by atoms with Gasteiger partial charge in [0, 0.05) is 11.3 Å². The second-order valence-corrected chi connectivity index (χ2v) is 5.85. The van der Waals surface area contributed by atoms with Crippen molar-refractivity contribution in [3.63, 3.8) is 0 Å². The van der Waals surface area contributed by atoms with Crippen LogP contribution in [-0.2, 0) is 6.61 Å². The summed E-state index contributed by atoms with van der Waals surface area (Å²) in [6, 6.07) is 16.1. The van der Waals surface area contributed by atoms with Gasteiger partial charge in [-0.1, -0.05) is 29.8 Å². The van der Waals surface area contributed by atoms with Crippen molar-refractivity contribution in [2.75, 3.05) is 5.32 Å². The molecule has 0 aliphatic heterocycles. The molecule has 1 heterocycles. The molecule has 122 valence electrons. The number of nitrogens with one attached hydrogen (secondary N) is 1. The van der Waals surface area contributed by atoms with Crippen molar-refractivity contribution in [3.8, 4) is 11.3 Å². The molecule has 3 aromatic rings. The number of benzene rings is 2. The van der Waals surface area contributed by atoms with Crippen molar-refractivity contribution in [1.82, 2.24) is 0 Å². The van der Waals surface area contributed by atoms with Gasteiger partial charge in [0.2, 0.25) is 0 Å². The van der Waals surface area contributed by atoms with E-state index >= 15 is 0 Å². The fraction of sp³-hybridized carbons (Fsp3) is 0.105. The lowest BCUT2D eigenvalue weighted by Gasteiger charge is -2.08. The number of carbonyl (C=O) groups excluding carboxylic acids is 1. The molecule has 0 atom stereocenters. The minimum absolute atomic E-state index is 0.150. The lowest BCUT2D eigenvalue weighted by atomic mass is 10.1. The van der Waals surface area contributed by atoms with Crippen LogP contribution in [0.5, 0.6) is 0 Å². The Morgan fingerprint density at radius 3 is 2.71 bits per heavy atom. The number of amides is 1. The minimum Gasteiger partial charge on any atom is -0.459 e. The Kier molecular flexibility index (Phi) is 4.69. The zero-order chi connectivity index (χ0) is 17.1. The Morgan fingerprint density at radius 1 is 1.17 bits per heavy atom. The van der Waals surface area contributed by atoms with Crippen molar-refractivity contribution < 1.29 is 14.3 Å². The summed E-state index contributed by atoms with van der Waals surface area (Å²) in [7, 11) is 0. The first-order valence-corrected chi connectivity index (χ1v) is 7.82. The first kappa shape index (κ1) is 16.3. The quantitative estimate of drug-likeness (QED) is 0.725. The van der Waals surface area contributed by atoms with Gasteiger partial charge in [0.25, 0.3) is 5.91 Å². The number of aryl methyl sites for hydroxylation is 1. The summed E-state index contributed by atoms with van der Waals surface area (Å²) in [5, 5.41) is 12.3. The van der Waals surface area contributed by atoms with Crippen molar-refractivity contribution in [3.05, 3.63) is 76.5 Å². The summed E-state index contributed by atoms with van der Waals surface area (Å²) in [4.78, 5) is 12.4. The Labute approximate surface area is 144 Å². The first-order chi connectivity index (χ1) is 11.6. The van der Waals surface area contributed by atoms with Crippen molar-refractivity contribution in [2.45, 2.75) is 13.5 Å². The number of hydrogen-bond acceptors (Lipinski definition) is 3. The highest BCUT2D eigenvalue weighted by Gasteiger charge is 2.11. The number of rotatable bonds is 4. The van der Waals surface area contributed by atoms with Crippen LogP contribution in [0.4, 0.5) is 5.69 Å². The molecular weight excluding hydrogens is 326 g/mol. The molecule has 2 N–H and O–H groups in total. The molecule has 3 rings (SSSR count). The predicted octanol–water partition coefficient (Wildman–Crippen LogP) is 4.65. The number of anilines is 1. The molecule has 2 aromatic carbocycles. The average molecular weight is 342 g/mol. The van der Waals surface area contributed by atoms with Crippen LogP contribution in [0.2, 0.25) is 5.02 Å². The van der Waals surface area contributed by atoms with Gasteiger partial charge in [-0.2, -0.15) is 0 Å². The molecule has 0 bridgehead atoms. The molecule has 0 unspecified atom stereocenters. The van der Waals surface area contributed by atoms with Crippen LogP contribution in [0, 0.1) is 6.92 Å². The molecular formula is C19H16ClNO3. The molecule has 0 saturated carbocycles. The summed E-state index contributed by atoms with van der Waals surface area (Å²) in [6.45, 7) is 1.77. The molecule has 0 spiro atoms. The number of aliphatic hydroxyl groups excluding tert-OH is 1.